The topological polar surface area (TPSA) is 81.8 Å². The number of carbonyl (C=O) groups is 3. The number of carbonyl (C=O) groups excluding carboxylic acids is 3. The summed E-state index contributed by atoms with van der Waals surface area (Å²) in [6.45, 7) is 4.48. The summed E-state index contributed by atoms with van der Waals surface area (Å²) in [5.74, 6) is -0.909. The molecule has 0 aliphatic carbocycles. The van der Waals surface area contributed by atoms with E-state index in [1.54, 1.807) is 12.1 Å². The first-order valence-corrected chi connectivity index (χ1v) is 9.61. The van der Waals surface area contributed by atoms with E-state index in [0.717, 1.165) is 10.6 Å². The molecule has 0 unspecified atom stereocenters. The minimum Gasteiger partial charge on any atom is -0.318 e. The zero-order valence-corrected chi connectivity index (χ0v) is 16.9. The van der Waals surface area contributed by atoms with Gasteiger partial charge in [-0.3, -0.25) is 19.9 Å². The molecule has 1 saturated heterocycles. The first-order chi connectivity index (χ1) is 13.9. The van der Waals surface area contributed by atoms with Crippen molar-refractivity contribution in [1.82, 2.24) is 20.7 Å². The Kier molecular flexibility index (Phi) is 5.98. The number of rotatable bonds is 7. The number of hydrogen-bond acceptors (Lipinski definition) is 4. The Bertz CT molecular complexity index is 898. The van der Waals surface area contributed by atoms with E-state index in [4.69, 9.17) is 0 Å². The molecule has 29 heavy (non-hydrogen) atoms. The number of likely N-dealkylation sites (N-methyl/N-ethyl adjacent to an activating group) is 1. The summed E-state index contributed by atoms with van der Waals surface area (Å²) in [7, 11) is 1.81. The Hall–Kier alpha value is -3.19. The number of amides is 4. The maximum atomic E-state index is 13.0. The quantitative estimate of drug-likeness (QED) is 0.706. The van der Waals surface area contributed by atoms with E-state index < -0.39 is 23.4 Å². The van der Waals surface area contributed by atoms with Crippen LogP contribution in [0.2, 0.25) is 0 Å². The smallest absolute Gasteiger partial charge is 0.318 e. The molecule has 1 aliphatic heterocycles. The van der Waals surface area contributed by atoms with Gasteiger partial charge in [-0.15, -0.1) is 0 Å². The van der Waals surface area contributed by atoms with Crippen LogP contribution in [0.1, 0.15) is 30.0 Å². The highest BCUT2D eigenvalue weighted by atomic mass is 16.2. The zero-order chi connectivity index (χ0) is 21.0. The van der Waals surface area contributed by atoms with Gasteiger partial charge in [0.05, 0.1) is 6.54 Å². The van der Waals surface area contributed by atoms with Crippen LogP contribution in [0.5, 0.6) is 0 Å². The summed E-state index contributed by atoms with van der Waals surface area (Å²) in [6, 6.07) is 16.5. The van der Waals surface area contributed by atoms with Crippen LogP contribution in [0.3, 0.4) is 0 Å². The van der Waals surface area contributed by atoms with Gasteiger partial charge in [-0.25, -0.2) is 4.79 Å². The van der Waals surface area contributed by atoms with Gasteiger partial charge in [0.1, 0.15) is 5.54 Å². The number of hydrogen-bond donors (Lipinski definition) is 2. The summed E-state index contributed by atoms with van der Waals surface area (Å²) in [4.78, 5) is 39.7. The van der Waals surface area contributed by atoms with E-state index in [2.05, 4.69) is 10.7 Å². The molecule has 2 N–H and O–H groups in total. The van der Waals surface area contributed by atoms with E-state index in [9.17, 15) is 14.4 Å². The molecule has 1 atom stereocenters. The molecule has 7 nitrogen and oxygen atoms in total. The highest BCUT2D eigenvalue weighted by molar-refractivity contribution is 6.08. The average Bonchev–Trinajstić information content (AvgIpc) is 2.95. The number of benzene rings is 2. The second kappa shape index (κ2) is 8.45. The molecular weight excluding hydrogens is 368 g/mol. The Balaban J connectivity index is 1.65. The lowest BCUT2D eigenvalue weighted by atomic mass is 9.87. The van der Waals surface area contributed by atoms with Gasteiger partial charge in [-0.1, -0.05) is 67.1 Å². The minimum absolute atomic E-state index is 0.0510. The first-order valence-electron chi connectivity index (χ1n) is 9.61. The zero-order valence-electron chi connectivity index (χ0n) is 16.9. The van der Waals surface area contributed by atoms with E-state index in [0.29, 0.717) is 18.5 Å². The Morgan fingerprint density at radius 2 is 1.76 bits per heavy atom. The van der Waals surface area contributed by atoms with Crippen molar-refractivity contribution >= 4 is 17.8 Å². The molecule has 0 aromatic heterocycles. The summed E-state index contributed by atoms with van der Waals surface area (Å²) in [5.41, 5.74) is 4.23. The van der Waals surface area contributed by atoms with Gasteiger partial charge in [0.25, 0.3) is 11.8 Å². The van der Waals surface area contributed by atoms with Crippen LogP contribution >= 0.6 is 0 Å². The van der Waals surface area contributed by atoms with Crippen molar-refractivity contribution < 1.29 is 14.4 Å². The molecule has 0 bridgehead atoms. The number of aryl methyl sites for hydroxylation is 1. The van der Waals surface area contributed by atoms with Gasteiger partial charge in [0, 0.05) is 6.54 Å². The lowest BCUT2D eigenvalue weighted by Crippen LogP contribution is -2.50. The van der Waals surface area contributed by atoms with Crippen LogP contribution in [0.15, 0.2) is 54.6 Å². The molecule has 0 radical (unpaired) electrons. The maximum Gasteiger partial charge on any atom is 0.344 e. The summed E-state index contributed by atoms with van der Waals surface area (Å²) >= 11 is 0. The maximum absolute atomic E-state index is 13.0. The van der Waals surface area contributed by atoms with Crippen molar-refractivity contribution in [3.8, 4) is 0 Å². The second-order valence-corrected chi connectivity index (χ2v) is 7.39. The van der Waals surface area contributed by atoms with E-state index in [-0.39, 0.29) is 6.54 Å². The van der Waals surface area contributed by atoms with E-state index in [1.165, 1.54) is 5.56 Å². The molecule has 1 heterocycles. The Morgan fingerprint density at radius 1 is 1.10 bits per heavy atom. The van der Waals surface area contributed by atoms with Crippen molar-refractivity contribution in [2.45, 2.75) is 32.4 Å². The van der Waals surface area contributed by atoms with Gasteiger partial charge in [0.15, 0.2) is 0 Å². The van der Waals surface area contributed by atoms with Gasteiger partial charge < -0.3 is 5.32 Å². The van der Waals surface area contributed by atoms with Gasteiger partial charge in [-0.05, 0) is 31.5 Å². The highest BCUT2D eigenvalue weighted by Crippen LogP contribution is 2.31. The van der Waals surface area contributed by atoms with Crippen LogP contribution in [-0.4, -0.2) is 41.3 Å². The van der Waals surface area contributed by atoms with Crippen LogP contribution in [0.4, 0.5) is 4.79 Å². The number of hydrazine groups is 1. The fraction of sp³-hybridized carbons (Fsp3) is 0.318. The van der Waals surface area contributed by atoms with Crippen molar-refractivity contribution in [2.75, 3.05) is 13.6 Å². The van der Waals surface area contributed by atoms with Crippen LogP contribution in [0.25, 0.3) is 0 Å². The largest absolute Gasteiger partial charge is 0.344 e. The van der Waals surface area contributed by atoms with Crippen molar-refractivity contribution in [3.05, 3.63) is 71.3 Å². The molecule has 1 fully saturated rings. The van der Waals surface area contributed by atoms with Crippen molar-refractivity contribution in [2.24, 2.45) is 0 Å². The highest BCUT2D eigenvalue weighted by Gasteiger charge is 2.52. The van der Waals surface area contributed by atoms with Gasteiger partial charge in [-0.2, -0.15) is 5.01 Å². The third-order valence-corrected chi connectivity index (χ3v) is 5.11. The van der Waals surface area contributed by atoms with E-state index in [1.807, 2.05) is 68.3 Å². The predicted octanol–water partition coefficient (Wildman–Crippen LogP) is 2.32. The fourth-order valence-electron chi connectivity index (χ4n) is 3.50. The predicted molar refractivity (Wildman–Crippen MR) is 109 cm³/mol. The number of nitrogens with zero attached hydrogens (tertiary/aromatic N) is 2. The van der Waals surface area contributed by atoms with Gasteiger partial charge in [0.2, 0.25) is 0 Å². The Labute approximate surface area is 170 Å². The van der Waals surface area contributed by atoms with Crippen LogP contribution in [0, 0.1) is 6.92 Å². The normalized spacial score (nSPS) is 18.8. The molecular formula is C22H26N4O3. The third-order valence-electron chi connectivity index (χ3n) is 5.11. The SMILES string of the molecule is CC[C@]1(c2ccccc2)NC(=O)N(NC(=O)CN(C)Cc2ccc(C)cc2)C1=O. The molecule has 3 rings (SSSR count). The minimum atomic E-state index is -1.17. The molecule has 0 saturated carbocycles. The molecule has 2 aromatic rings. The molecule has 152 valence electrons. The summed E-state index contributed by atoms with van der Waals surface area (Å²) in [5, 5.41) is 3.54. The summed E-state index contributed by atoms with van der Waals surface area (Å²) in [6.07, 6.45) is 0.376. The lowest BCUT2D eigenvalue weighted by Gasteiger charge is -2.25. The molecule has 0 spiro atoms. The Morgan fingerprint density at radius 3 is 2.38 bits per heavy atom. The number of urea groups is 1. The van der Waals surface area contributed by atoms with Crippen LogP contribution in [-0.2, 0) is 21.7 Å². The van der Waals surface area contributed by atoms with Crippen molar-refractivity contribution in [3.63, 3.8) is 0 Å². The number of imide groups is 1. The van der Waals surface area contributed by atoms with Crippen molar-refractivity contribution in [1.29, 1.82) is 0 Å². The van der Waals surface area contributed by atoms with Gasteiger partial charge >= 0.3 is 6.03 Å². The molecule has 4 amide bonds. The third kappa shape index (κ3) is 4.30. The molecule has 7 heteroatoms. The second-order valence-electron chi connectivity index (χ2n) is 7.39. The van der Waals surface area contributed by atoms with Crippen LogP contribution < -0.4 is 10.7 Å². The first kappa shape index (κ1) is 20.5. The molecule has 2 aromatic carbocycles. The monoisotopic (exact) mass is 394 g/mol. The average molecular weight is 394 g/mol. The standard InChI is InChI=1S/C22H26N4O3/c1-4-22(18-8-6-5-7-9-18)20(28)26(21(29)23-22)24-19(27)15-25(3)14-17-12-10-16(2)11-13-17/h5-13H,4,14-15H2,1-3H3,(H,23,29)(H,24,27)/t22-/m1/s1. The molecule has 1 aliphatic rings. The fourth-order valence-corrected chi connectivity index (χ4v) is 3.50. The number of nitrogens with one attached hydrogen (secondary N) is 2. The van der Waals surface area contributed by atoms with E-state index >= 15 is 0 Å². The summed E-state index contributed by atoms with van der Waals surface area (Å²) < 4.78 is 0. The lowest BCUT2D eigenvalue weighted by molar-refractivity contribution is -0.139.